The van der Waals surface area contributed by atoms with Gasteiger partial charge in [0.15, 0.2) is 0 Å². The summed E-state index contributed by atoms with van der Waals surface area (Å²) in [6, 6.07) is 15.0. The molecule has 1 aliphatic rings. The highest BCUT2D eigenvalue weighted by Gasteiger charge is 2.18. The average Bonchev–Trinajstić information content (AvgIpc) is 3.37. The molecule has 0 radical (unpaired) electrons. The second-order valence-electron chi connectivity index (χ2n) is 7.30. The van der Waals surface area contributed by atoms with Gasteiger partial charge in [-0.05, 0) is 42.0 Å². The van der Waals surface area contributed by atoms with Gasteiger partial charge in [0.05, 0.1) is 25.9 Å². The highest BCUT2D eigenvalue weighted by molar-refractivity contribution is 7.19. The van der Waals surface area contributed by atoms with Gasteiger partial charge in [-0.25, -0.2) is 4.79 Å². The number of rotatable bonds is 7. The normalized spacial score (nSPS) is 13.6. The van der Waals surface area contributed by atoms with Crippen LogP contribution in [0.15, 0.2) is 54.1 Å². The van der Waals surface area contributed by atoms with Gasteiger partial charge in [-0.3, -0.25) is 10.1 Å². The number of benzene rings is 2. The Hall–Kier alpha value is -4.27. The lowest BCUT2D eigenvalue weighted by Crippen LogP contribution is -2.36. The summed E-state index contributed by atoms with van der Waals surface area (Å²) in [7, 11) is 1.52. The van der Waals surface area contributed by atoms with E-state index in [0.29, 0.717) is 59.2 Å². The minimum Gasteiger partial charge on any atom is -0.497 e. The third kappa shape index (κ3) is 6.20. The Morgan fingerprint density at radius 3 is 2.63 bits per heavy atom. The van der Waals surface area contributed by atoms with E-state index < -0.39 is 11.9 Å². The molecule has 0 bridgehead atoms. The van der Waals surface area contributed by atoms with Gasteiger partial charge in [0, 0.05) is 13.1 Å². The van der Waals surface area contributed by atoms with Crippen molar-refractivity contribution in [2.45, 2.75) is 0 Å². The van der Waals surface area contributed by atoms with Crippen molar-refractivity contribution in [2.75, 3.05) is 43.6 Å². The lowest BCUT2D eigenvalue weighted by Gasteiger charge is -2.25. The third-order valence-corrected chi connectivity index (χ3v) is 5.89. The fourth-order valence-corrected chi connectivity index (χ4v) is 3.97. The molecule has 0 aliphatic carbocycles. The van der Waals surface area contributed by atoms with Crippen molar-refractivity contribution in [3.05, 3.63) is 65.2 Å². The lowest BCUT2D eigenvalue weighted by atomic mass is 10.1. The molecule has 0 saturated carbocycles. The topological polar surface area (TPSA) is 127 Å². The van der Waals surface area contributed by atoms with E-state index in [4.69, 9.17) is 14.2 Å². The molecule has 178 valence electrons. The van der Waals surface area contributed by atoms with Crippen LogP contribution in [0.3, 0.4) is 0 Å². The first-order chi connectivity index (χ1) is 17.1. The van der Waals surface area contributed by atoms with E-state index in [9.17, 15) is 14.9 Å². The van der Waals surface area contributed by atoms with Crippen molar-refractivity contribution in [1.29, 1.82) is 5.26 Å². The average molecular weight is 492 g/mol. The number of hydrogen-bond acceptors (Lipinski definition) is 10. The monoisotopic (exact) mass is 491 g/mol. The number of aromatic nitrogens is 2. The number of nitrogens with zero attached hydrogens (tertiary/aromatic N) is 4. The van der Waals surface area contributed by atoms with E-state index in [1.807, 2.05) is 11.0 Å². The van der Waals surface area contributed by atoms with E-state index in [1.165, 1.54) is 24.5 Å². The molecule has 1 aliphatic heterocycles. The number of hydrogen-bond donors (Lipinski definition) is 1. The molecule has 0 spiro atoms. The second-order valence-corrected chi connectivity index (χ2v) is 8.26. The summed E-state index contributed by atoms with van der Waals surface area (Å²) in [5.41, 5.74) is 0.837. The van der Waals surface area contributed by atoms with Gasteiger partial charge in [-0.15, -0.1) is 10.2 Å². The number of carbonyl (C=O) groups excluding carboxylic acids is 2. The molecule has 1 fully saturated rings. The van der Waals surface area contributed by atoms with E-state index in [1.54, 1.807) is 48.5 Å². The fourth-order valence-electron chi connectivity index (χ4n) is 3.18. The van der Waals surface area contributed by atoms with E-state index >= 15 is 0 Å². The van der Waals surface area contributed by atoms with Gasteiger partial charge < -0.3 is 19.1 Å². The third-order valence-electron chi connectivity index (χ3n) is 4.99. The molecule has 0 unspecified atom stereocenters. The molecule has 1 saturated heterocycles. The predicted octanol–water partition coefficient (Wildman–Crippen LogP) is 3.15. The predicted molar refractivity (Wildman–Crippen MR) is 130 cm³/mol. The molecule has 1 aromatic heterocycles. The maximum absolute atomic E-state index is 12.6. The number of amides is 1. The molecule has 1 amide bonds. The van der Waals surface area contributed by atoms with Gasteiger partial charge in [-0.1, -0.05) is 29.5 Å². The standard InChI is InChI=1S/C24H21N5O5S/c1-32-20-4-2-3-17(14-20)22(31)34-19-7-5-16(6-8-19)13-18(15-25)21(30)26-23-27-28-24(35-23)29-9-11-33-12-10-29/h2-8,13-14H,9-12H2,1H3,(H,26,27,30)/b18-13-. The zero-order chi connectivity index (χ0) is 24.6. The Balaban J connectivity index is 1.38. The number of methoxy groups -OCH3 is 1. The van der Waals surface area contributed by atoms with Crippen LogP contribution in [0.25, 0.3) is 6.08 Å². The molecule has 1 N–H and O–H groups in total. The molecule has 2 aromatic carbocycles. The fraction of sp³-hybridized carbons (Fsp3) is 0.208. The highest BCUT2D eigenvalue weighted by atomic mass is 32.1. The van der Waals surface area contributed by atoms with Crippen LogP contribution in [0.2, 0.25) is 0 Å². The zero-order valence-corrected chi connectivity index (χ0v) is 19.6. The van der Waals surface area contributed by atoms with Crippen molar-refractivity contribution in [3.63, 3.8) is 0 Å². The molecule has 2 heterocycles. The van der Waals surface area contributed by atoms with Crippen molar-refractivity contribution in [3.8, 4) is 17.6 Å². The van der Waals surface area contributed by atoms with Crippen LogP contribution < -0.4 is 19.7 Å². The van der Waals surface area contributed by atoms with Crippen LogP contribution in [-0.2, 0) is 9.53 Å². The number of anilines is 2. The summed E-state index contributed by atoms with van der Waals surface area (Å²) in [5.74, 6) is -0.251. The summed E-state index contributed by atoms with van der Waals surface area (Å²) >= 11 is 1.23. The minimum absolute atomic E-state index is 0.103. The van der Waals surface area contributed by atoms with E-state index in [2.05, 4.69) is 15.5 Å². The van der Waals surface area contributed by atoms with E-state index in [-0.39, 0.29) is 5.57 Å². The Bertz CT molecular complexity index is 1280. The SMILES string of the molecule is COc1cccc(C(=O)Oc2ccc(/C=C(/C#N)C(=O)Nc3nnc(N4CCOCC4)s3)cc2)c1. The number of nitrogens with one attached hydrogen (secondary N) is 1. The first-order valence-electron chi connectivity index (χ1n) is 10.6. The van der Waals surface area contributed by atoms with Gasteiger partial charge in [-0.2, -0.15) is 5.26 Å². The molecular weight excluding hydrogens is 470 g/mol. The summed E-state index contributed by atoms with van der Waals surface area (Å²) < 4.78 is 15.8. The molecule has 35 heavy (non-hydrogen) atoms. The Morgan fingerprint density at radius 1 is 1.14 bits per heavy atom. The van der Waals surface area contributed by atoms with Crippen LogP contribution in [0, 0.1) is 11.3 Å². The molecule has 11 heteroatoms. The quantitative estimate of drug-likeness (QED) is 0.229. The van der Waals surface area contributed by atoms with E-state index in [0.717, 1.165) is 0 Å². The van der Waals surface area contributed by atoms with Crippen molar-refractivity contribution < 1.29 is 23.8 Å². The summed E-state index contributed by atoms with van der Waals surface area (Å²) in [6.45, 7) is 2.64. The van der Waals surface area contributed by atoms with Crippen LogP contribution in [0.5, 0.6) is 11.5 Å². The number of esters is 1. The molecular formula is C24H21N5O5S. The van der Waals surface area contributed by atoms with Crippen molar-refractivity contribution >= 4 is 39.6 Å². The molecule has 3 aromatic rings. The summed E-state index contributed by atoms with van der Waals surface area (Å²) in [4.78, 5) is 27.0. The van der Waals surface area contributed by atoms with Crippen LogP contribution in [0.4, 0.5) is 10.3 Å². The Morgan fingerprint density at radius 2 is 1.91 bits per heavy atom. The van der Waals surface area contributed by atoms with Gasteiger partial charge in [0.1, 0.15) is 23.1 Å². The summed E-state index contributed by atoms with van der Waals surface area (Å²) in [5, 5.41) is 21.2. The second kappa shape index (κ2) is 11.2. The van der Waals surface area contributed by atoms with Crippen LogP contribution in [0.1, 0.15) is 15.9 Å². The zero-order valence-electron chi connectivity index (χ0n) is 18.8. The van der Waals surface area contributed by atoms with Crippen LogP contribution >= 0.6 is 11.3 Å². The first kappa shape index (κ1) is 23.9. The Kier molecular flexibility index (Phi) is 7.67. The minimum atomic E-state index is -0.592. The van der Waals surface area contributed by atoms with Crippen molar-refractivity contribution in [2.24, 2.45) is 0 Å². The number of morpholine rings is 1. The lowest BCUT2D eigenvalue weighted by molar-refractivity contribution is -0.112. The maximum Gasteiger partial charge on any atom is 0.343 e. The number of ether oxygens (including phenoxy) is 3. The van der Waals surface area contributed by atoms with Crippen molar-refractivity contribution in [1.82, 2.24) is 10.2 Å². The largest absolute Gasteiger partial charge is 0.497 e. The summed E-state index contributed by atoms with van der Waals surface area (Å²) in [6.07, 6.45) is 1.44. The molecule has 0 atom stereocenters. The molecule has 10 nitrogen and oxygen atoms in total. The Labute approximate surface area is 205 Å². The van der Waals surface area contributed by atoms with Crippen LogP contribution in [-0.4, -0.2) is 55.5 Å². The molecule has 4 rings (SSSR count). The van der Waals surface area contributed by atoms with Gasteiger partial charge >= 0.3 is 5.97 Å². The number of nitriles is 1. The van der Waals surface area contributed by atoms with Gasteiger partial charge in [0.25, 0.3) is 5.91 Å². The maximum atomic E-state index is 12.6. The first-order valence-corrected chi connectivity index (χ1v) is 11.4. The smallest absolute Gasteiger partial charge is 0.343 e. The van der Waals surface area contributed by atoms with Gasteiger partial charge in [0.2, 0.25) is 10.3 Å². The number of carbonyl (C=O) groups is 2. The highest BCUT2D eigenvalue weighted by Crippen LogP contribution is 2.25.